The summed E-state index contributed by atoms with van der Waals surface area (Å²) in [7, 11) is 5.17. The van der Waals surface area contributed by atoms with E-state index in [2.05, 4.69) is 5.32 Å². The molecule has 6 heteroatoms. The number of amides is 3. The molecule has 0 saturated heterocycles. The molecule has 0 fully saturated rings. The molecule has 0 aliphatic carbocycles. The fourth-order valence-corrected chi connectivity index (χ4v) is 2.41. The van der Waals surface area contributed by atoms with E-state index in [-0.39, 0.29) is 11.9 Å². The number of urea groups is 1. The molecular formula is C19H22ClN3O2. The summed E-state index contributed by atoms with van der Waals surface area (Å²) >= 11 is 6.12. The summed E-state index contributed by atoms with van der Waals surface area (Å²) in [5.74, 6) is 0.0382. The standard InChI is InChI=1S/C19H22ClN3O2/c1-22(2)18(24)12-14-8-10-16(11-9-14)21-19(25)23(3)13-15-6-4-5-7-17(15)20/h4-11H,12-13H2,1-3H3,(H,21,25). The highest BCUT2D eigenvalue weighted by Crippen LogP contribution is 2.17. The zero-order valence-electron chi connectivity index (χ0n) is 14.6. The monoisotopic (exact) mass is 359 g/mol. The van der Waals surface area contributed by atoms with Crippen molar-refractivity contribution in [1.29, 1.82) is 0 Å². The molecule has 0 aliphatic rings. The second kappa shape index (κ2) is 8.53. The molecule has 0 atom stereocenters. The van der Waals surface area contributed by atoms with Crippen molar-refractivity contribution in [3.05, 3.63) is 64.7 Å². The van der Waals surface area contributed by atoms with Crippen molar-refractivity contribution in [3.8, 4) is 0 Å². The minimum Gasteiger partial charge on any atom is -0.349 e. The summed E-state index contributed by atoms with van der Waals surface area (Å²) in [6, 6.07) is 14.5. The van der Waals surface area contributed by atoms with E-state index in [0.717, 1.165) is 11.1 Å². The van der Waals surface area contributed by atoms with Crippen LogP contribution in [0.5, 0.6) is 0 Å². The lowest BCUT2D eigenvalue weighted by Crippen LogP contribution is -2.30. The van der Waals surface area contributed by atoms with Gasteiger partial charge in [-0.1, -0.05) is 41.9 Å². The van der Waals surface area contributed by atoms with Crippen LogP contribution in [0, 0.1) is 0 Å². The molecule has 0 saturated carbocycles. The van der Waals surface area contributed by atoms with Crippen LogP contribution in [0.4, 0.5) is 10.5 Å². The van der Waals surface area contributed by atoms with Crippen LogP contribution in [0.1, 0.15) is 11.1 Å². The minimum atomic E-state index is -0.225. The first-order valence-corrected chi connectivity index (χ1v) is 8.29. The SMILES string of the molecule is CN(C)C(=O)Cc1ccc(NC(=O)N(C)Cc2ccccc2Cl)cc1. The zero-order chi connectivity index (χ0) is 18.4. The number of benzene rings is 2. The molecule has 5 nitrogen and oxygen atoms in total. The third-order valence-corrected chi connectivity index (χ3v) is 4.14. The van der Waals surface area contributed by atoms with Crippen LogP contribution in [0.25, 0.3) is 0 Å². The van der Waals surface area contributed by atoms with Gasteiger partial charge < -0.3 is 15.1 Å². The lowest BCUT2D eigenvalue weighted by molar-refractivity contribution is -0.127. The first-order valence-electron chi connectivity index (χ1n) is 7.91. The fraction of sp³-hybridized carbons (Fsp3) is 0.263. The number of rotatable bonds is 5. The first-order chi connectivity index (χ1) is 11.9. The average Bonchev–Trinajstić information content (AvgIpc) is 2.58. The molecule has 0 aliphatic heterocycles. The van der Waals surface area contributed by atoms with Gasteiger partial charge in [-0.3, -0.25) is 4.79 Å². The van der Waals surface area contributed by atoms with E-state index >= 15 is 0 Å². The Morgan fingerprint density at radius 1 is 1.00 bits per heavy atom. The summed E-state index contributed by atoms with van der Waals surface area (Å²) in [6.07, 6.45) is 0.341. The Morgan fingerprint density at radius 3 is 2.24 bits per heavy atom. The quantitative estimate of drug-likeness (QED) is 0.886. The predicted molar refractivity (Wildman–Crippen MR) is 101 cm³/mol. The maximum atomic E-state index is 12.3. The summed E-state index contributed by atoms with van der Waals surface area (Å²) in [5, 5.41) is 3.47. The topological polar surface area (TPSA) is 52.7 Å². The lowest BCUT2D eigenvalue weighted by atomic mass is 10.1. The van der Waals surface area contributed by atoms with E-state index in [4.69, 9.17) is 11.6 Å². The van der Waals surface area contributed by atoms with E-state index in [1.807, 2.05) is 30.3 Å². The smallest absolute Gasteiger partial charge is 0.321 e. The Kier molecular flexibility index (Phi) is 6.42. The molecule has 0 bridgehead atoms. The van der Waals surface area contributed by atoms with Gasteiger partial charge in [0.25, 0.3) is 0 Å². The van der Waals surface area contributed by atoms with E-state index in [9.17, 15) is 9.59 Å². The normalized spacial score (nSPS) is 10.2. The number of hydrogen-bond acceptors (Lipinski definition) is 2. The number of halogens is 1. The molecule has 3 amide bonds. The molecule has 132 valence electrons. The second-order valence-corrected chi connectivity index (χ2v) is 6.45. The van der Waals surface area contributed by atoms with Crippen molar-refractivity contribution in [2.75, 3.05) is 26.5 Å². The van der Waals surface area contributed by atoms with Crippen LogP contribution in [0.15, 0.2) is 48.5 Å². The van der Waals surface area contributed by atoms with Gasteiger partial charge in [-0.15, -0.1) is 0 Å². The number of nitrogens with zero attached hydrogens (tertiary/aromatic N) is 2. The molecule has 2 aromatic rings. The Labute approximate surface area is 153 Å². The van der Waals surface area contributed by atoms with Crippen molar-refractivity contribution in [2.45, 2.75) is 13.0 Å². The van der Waals surface area contributed by atoms with Crippen molar-refractivity contribution < 1.29 is 9.59 Å². The first kappa shape index (κ1) is 18.8. The molecule has 1 N–H and O–H groups in total. The minimum absolute atomic E-state index is 0.0382. The lowest BCUT2D eigenvalue weighted by Gasteiger charge is -2.19. The third-order valence-electron chi connectivity index (χ3n) is 3.77. The van der Waals surface area contributed by atoms with E-state index in [0.29, 0.717) is 23.7 Å². The molecule has 0 heterocycles. The molecule has 2 aromatic carbocycles. The number of carbonyl (C=O) groups is 2. The van der Waals surface area contributed by atoms with Gasteiger partial charge in [0.1, 0.15) is 0 Å². The maximum absolute atomic E-state index is 12.3. The molecule has 0 aromatic heterocycles. The molecule has 2 rings (SSSR count). The van der Waals surface area contributed by atoms with Gasteiger partial charge in [0.05, 0.1) is 6.42 Å². The van der Waals surface area contributed by atoms with Crippen LogP contribution < -0.4 is 5.32 Å². The van der Waals surface area contributed by atoms with Gasteiger partial charge in [0.2, 0.25) is 5.91 Å². The highest BCUT2D eigenvalue weighted by molar-refractivity contribution is 6.31. The molecule has 0 unspecified atom stereocenters. The summed E-state index contributed by atoms with van der Waals surface area (Å²) in [5.41, 5.74) is 2.47. The fourth-order valence-electron chi connectivity index (χ4n) is 2.21. The third kappa shape index (κ3) is 5.50. The van der Waals surface area contributed by atoms with E-state index in [1.54, 1.807) is 49.1 Å². The van der Waals surface area contributed by atoms with Crippen LogP contribution >= 0.6 is 11.6 Å². The average molecular weight is 360 g/mol. The van der Waals surface area contributed by atoms with Gasteiger partial charge in [-0.2, -0.15) is 0 Å². The van der Waals surface area contributed by atoms with Crippen molar-refractivity contribution >= 4 is 29.2 Å². The summed E-state index contributed by atoms with van der Waals surface area (Å²) in [4.78, 5) is 27.1. The Hall–Kier alpha value is -2.53. The second-order valence-electron chi connectivity index (χ2n) is 6.04. The number of likely N-dealkylation sites (N-methyl/N-ethyl adjacent to an activating group) is 1. The largest absolute Gasteiger partial charge is 0.349 e. The highest BCUT2D eigenvalue weighted by Gasteiger charge is 2.11. The van der Waals surface area contributed by atoms with Gasteiger partial charge in [0, 0.05) is 38.4 Å². The van der Waals surface area contributed by atoms with Gasteiger partial charge in [0.15, 0.2) is 0 Å². The van der Waals surface area contributed by atoms with Gasteiger partial charge in [-0.05, 0) is 29.3 Å². The molecule has 25 heavy (non-hydrogen) atoms. The number of nitrogens with one attached hydrogen (secondary N) is 1. The Balaban J connectivity index is 1.93. The van der Waals surface area contributed by atoms with Gasteiger partial charge >= 0.3 is 6.03 Å². The van der Waals surface area contributed by atoms with Crippen LogP contribution in [0.2, 0.25) is 5.02 Å². The van der Waals surface area contributed by atoms with E-state index in [1.165, 1.54) is 0 Å². The van der Waals surface area contributed by atoms with Crippen molar-refractivity contribution in [3.63, 3.8) is 0 Å². The van der Waals surface area contributed by atoms with E-state index < -0.39 is 0 Å². The van der Waals surface area contributed by atoms with Crippen LogP contribution in [0.3, 0.4) is 0 Å². The van der Waals surface area contributed by atoms with Crippen molar-refractivity contribution in [2.24, 2.45) is 0 Å². The Bertz CT molecular complexity index is 745. The predicted octanol–water partition coefficient (Wildman–Crippen LogP) is 3.63. The molecule has 0 spiro atoms. The van der Waals surface area contributed by atoms with Gasteiger partial charge in [-0.25, -0.2) is 4.79 Å². The van der Waals surface area contributed by atoms with Crippen LogP contribution in [-0.2, 0) is 17.8 Å². The summed E-state index contributed by atoms with van der Waals surface area (Å²) < 4.78 is 0. The van der Waals surface area contributed by atoms with Crippen molar-refractivity contribution in [1.82, 2.24) is 9.80 Å². The number of carbonyl (C=O) groups excluding carboxylic acids is 2. The highest BCUT2D eigenvalue weighted by atomic mass is 35.5. The van der Waals surface area contributed by atoms with Crippen LogP contribution in [-0.4, -0.2) is 42.9 Å². The number of hydrogen-bond donors (Lipinski definition) is 1. The zero-order valence-corrected chi connectivity index (χ0v) is 15.4. The number of anilines is 1. The Morgan fingerprint density at radius 2 is 1.64 bits per heavy atom. The molecular weight excluding hydrogens is 338 g/mol. The maximum Gasteiger partial charge on any atom is 0.321 e. The molecule has 0 radical (unpaired) electrons. The summed E-state index contributed by atoms with van der Waals surface area (Å²) in [6.45, 7) is 0.418.